The van der Waals surface area contributed by atoms with Gasteiger partial charge < -0.3 is 19.6 Å². The molecule has 18 heavy (non-hydrogen) atoms. The van der Waals surface area contributed by atoms with Gasteiger partial charge in [0.25, 0.3) is 0 Å². The number of hydrogen-bond donors (Lipinski definition) is 1. The van der Waals surface area contributed by atoms with E-state index in [1.807, 2.05) is 0 Å². The van der Waals surface area contributed by atoms with Crippen molar-refractivity contribution in [3.05, 3.63) is 0 Å². The maximum absolute atomic E-state index is 10.4. The molecule has 2 saturated heterocycles. The fraction of sp³-hybridized carbons (Fsp3) is 0.923. The predicted molar refractivity (Wildman–Crippen MR) is 68.7 cm³/mol. The standard InChI is InChI=1S/C13H24N2O3/c16-13(17)11-18-12-3-7-15(8-4-12)10-9-14-5-1-2-6-14/h12H,1-11H2,(H,16,17). The summed E-state index contributed by atoms with van der Waals surface area (Å²) in [7, 11) is 0. The molecule has 5 nitrogen and oxygen atoms in total. The first-order valence-electron chi connectivity index (χ1n) is 7.02. The molecule has 2 heterocycles. The van der Waals surface area contributed by atoms with Crippen molar-refractivity contribution in [1.29, 1.82) is 0 Å². The molecular weight excluding hydrogens is 232 g/mol. The van der Waals surface area contributed by atoms with Crippen LogP contribution in [0, 0.1) is 0 Å². The molecule has 2 fully saturated rings. The molecule has 2 aliphatic rings. The summed E-state index contributed by atoms with van der Waals surface area (Å²) in [5, 5.41) is 8.56. The van der Waals surface area contributed by atoms with Crippen LogP contribution in [0.2, 0.25) is 0 Å². The summed E-state index contributed by atoms with van der Waals surface area (Å²) < 4.78 is 5.33. The van der Waals surface area contributed by atoms with Crippen molar-refractivity contribution in [2.75, 3.05) is 45.9 Å². The zero-order valence-corrected chi connectivity index (χ0v) is 11.0. The summed E-state index contributed by atoms with van der Waals surface area (Å²) in [6.45, 7) is 6.78. The Bertz CT molecular complexity index is 259. The minimum absolute atomic E-state index is 0.143. The summed E-state index contributed by atoms with van der Waals surface area (Å²) in [5.41, 5.74) is 0. The van der Waals surface area contributed by atoms with Gasteiger partial charge >= 0.3 is 5.97 Å². The van der Waals surface area contributed by atoms with Gasteiger partial charge in [-0.3, -0.25) is 0 Å². The van der Waals surface area contributed by atoms with Gasteiger partial charge in [0.15, 0.2) is 0 Å². The summed E-state index contributed by atoms with van der Waals surface area (Å²) in [4.78, 5) is 15.4. The normalized spacial score (nSPS) is 23.6. The van der Waals surface area contributed by atoms with Gasteiger partial charge in [-0.2, -0.15) is 0 Å². The molecule has 0 bridgehead atoms. The molecule has 0 saturated carbocycles. The van der Waals surface area contributed by atoms with Gasteiger partial charge in [-0.1, -0.05) is 0 Å². The zero-order chi connectivity index (χ0) is 12.8. The quantitative estimate of drug-likeness (QED) is 0.756. The second-order valence-electron chi connectivity index (χ2n) is 5.29. The molecule has 2 aliphatic heterocycles. The highest BCUT2D eigenvalue weighted by molar-refractivity contribution is 5.68. The van der Waals surface area contributed by atoms with E-state index >= 15 is 0 Å². The minimum Gasteiger partial charge on any atom is -0.480 e. The predicted octanol–water partition coefficient (Wildman–Crippen LogP) is 0.648. The topological polar surface area (TPSA) is 53.0 Å². The fourth-order valence-electron chi connectivity index (χ4n) is 2.78. The van der Waals surface area contributed by atoms with E-state index in [0.717, 1.165) is 32.5 Å². The lowest BCUT2D eigenvalue weighted by Gasteiger charge is -2.32. The second-order valence-corrected chi connectivity index (χ2v) is 5.29. The Labute approximate surface area is 109 Å². The molecule has 0 unspecified atom stereocenters. The lowest BCUT2D eigenvalue weighted by molar-refractivity contribution is -0.145. The Morgan fingerprint density at radius 1 is 1.06 bits per heavy atom. The molecule has 0 amide bonds. The fourth-order valence-corrected chi connectivity index (χ4v) is 2.78. The molecule has 0 aromatic rings. The van der Waals surface area contributed by atoms with E-state index in [1.165, 1.54) is 32.5 Å². The molecule has 0 aliphatic carbocycles. The first-order chi connectivity index (χ1) is 8.74. The van der Waals surface area contributed by atoms with Crippen LogP contribution in [-0.2, 0) is 9.53 Å². The van der Waals surface area contributed by atoms with Crippen LogP contribution in [0.3, 0.4) is 0 Å². The summed E-state index contributed by atoms with van der Waals surface area (Å²) in [5.74, 6) is -0.869. The van der Waals surface area contributed by atoms with Gasteiger partial charge in [0.05, 0.1) is 6.10 Å². The lowest BCUT2D eigenvalue weighted by Crippen LogP contribution is -2.41. The van der Waals surface area contributed by atoms with Crippen molar-refractivity contribution in [1.82, 2.24) is 9.80 Å². The molecule has 5 heteroatoms. The maximum atomic E-state index is 10.4. The average Bonchev–Trinajstić information content (AvgIpc) is 2.88. The first kappa shape index (κ1) is 13.8. The van der Waals surface area contributed by atoms with Crippen LogP contribution in [-0.4, -0.2) is 72.9 Å². The van der Waals surface area contributed by atoms with Gasteiger partial charge in [-0.25, -0.2) is 4.79 Å². The Kier molecular flexibility index (Phi) is 5.41. The SMILES string of the molecule is O=C(O)COC1CCN(CCN2CCCC2)CC1. The summed E-state index contributed by atoms with van der Waals surface area (Å²) in [6.07, 6.45) is 4.78. The van der Waals surface area contributed by atoms with E-state index < -0.39 is 5.97 Å². The number of carbonyl (C=O) groups is 1. The van der Waals surface area contributed by atoms with Gasteiger partial charge in [-0.05, 0) is 38.8 Å². The maximum Gasteiger partial charge on any atom is 0.329 e. The van der Waals surface area contributed by atoms with Gasteiger partial charge in [0.1, 0.15) is 6.61 Å². The van der Waals surface area contributed by atoms with Crippen LogP contribution in [0.25, 0.3) is 0 Å². The highest BCUT2D eigenvalue weighted by atomic mass is 16.5. The Balaban J connectivity index is 1.56. The van der Waals surface area contributed by atoms with Gasteiger partial charge in [0.2, 0.25) is 0 Å². The van der Waals surface area contributed by atoms with E-state index in [1.54, 1.807) is 0 Å². The number of aliphatic carboxylic acids is 1. The third-order valence-electron chi connectivity index (χ3n) is 3.91. The molecule has 104 valence electrons. The first-order valence-corrected chi connectivity index (χ1v) is 7.02. The van der Waals surface area contributed by atoms with Crippen molar-refractivity contribution in [3.63, 3.8) is 0 Å². The number of carboxylic acids is 1. The lowest BCUT2D eigenvalue weighted by atomic mass is 10.1. The molecule has 1 N–H and O–H groups in total. The van der Waals surface area contributed by atoms with E-state index in [9.17, 15) is 4.79 Å². The second kappa shape index (κ2) is 7.07. The van der Waals surface area contributed by atoms with Crippen molar-refractivity contribution in [3.8, 4) is 0 Å². The Morgan fingerprint density at radius 2 is 1.61 bits per heavy atom. The molecule has 0 aromatic heterocycles. The highest BCUT2D eigenvalue weighted by Crippen LogP contribution is 2.14. The Hall–Kier alpha value is -0.650. The van der Waals surface area contributed by atoms with Crippen molar-refractivity contribution < 1.29 is 14.6 Å². The molecular formula is C13H24N2O3. The number of nitrogens with zero attached hydrogens (tertiary/aromatic N) is 2. The van der Waals surface area contributed by atoms with Crippen molar-refractivity contribution in [2.24, 2.45) is 0 Å². The average molecular weight is 256 g/mol. The largest absolute Gasteiger partial charge is 0.480 e. The van der Waals surface area contributed by atoms with E-state index in [2.05, 4.69) is 9.80 Å². The number of rotatable bonds is 6. The van der Waals surface area contributed by atoms with E-state index in [0.29, 0.717) is 0 Å². The smallest absolute Gasteiger partial charge is 0.329 e. The monoisotopic (exact) mass is 256 g/mol. The zero-order valence-electron chi connectivity index (χ0n) is 11.0. The summed E-state index contributed by atoms with van der Waals surface area (Å²) in [6, 6.07) is 0. The third-order valence-corrected chi connectivity index (χ3v) is 3.91. The minimum atomic E-state index is -0.869. The molecule has 0 radical (unpaired) electrons. The van der Waals surface area contributed by atoms with Crippen LogP contribution >= 0.6 is 0 Å². The number of piperidine rings is 1. The third kappa shape index (κ3) is 4.55. The van der Waals surface area contributed by atoms with Crippen molar-refractivity contribution in [2.45, 2.75) is 31.8 Å². The van der Waals surface area contributed by atoms with Crippen LogP contribution in [0.1, 0.15) is 25.7 Å². The van der Waals surface area contributed by atoms with Gasteiger partial charge in [-0.15, -0.1) is 0 Å². The van der Waals surface area contributed by atoms with Crippen LogP contribution in [0.5, 0.6) is 0 Å². The molecule has 0 spiro atoms. The van der Waals surface area contributed by atoms with Crippen LogP contribution in [0.15, 0.2) is 0 Å². The van der Waals surface area contributed by atoms with Gasteiger partial charge in [0, 0.05) is 26.2 Å². The van der Waals surface area contributed by atoms with Crippen LogP contribution < -0.4 is 0 Å². The van der Waals surface area contributed by atoms with E-state index in [-0.39, 0.29) is 12.7 Å². The van der Waals surface area contributed by atoms with Crippen molar-refractivity contribution >= 4 is 5.97 Å². The number of hydrogen-bond acceptors (Lipinski definition) is 4. The number of likely N-dealkylation sites (tertiary alicyclic amines) is 2. The summed E-state index contributed by atoms with van der Waals surface area (Å²) >= 11 is 0. The highest BCUT2D eigenvalue weighted by Gasteiger charge is 2.21. The molecule has 2 rings (SSSR count). The van der Waals surface area contributed by atoms with Crippen LogP contribution in [0.4, 0.5) is 0 Å². The number of carboxylic acid groups (broad SMARTS) is 1. The molecule has 0 atom stereocenters. The Morgan fingerprint density at radius 3 is 2.17 bits per heavy atom. The van der Waals surface area contributed by atoms with E-state index in [4.69, 9.17) is 9.84 Å². The number of ether oxygens (including phenoxy) is 1. The molecule has 0 aromatic carbocycles.